The lowest BCUT2D eigenvalue weighted by Crippen LogP contribution is -2.13. The third kappa shape index (κ3) is 3.50. The molecule has 7 heteroatoms. The molecule has 0 bridgehead atoms. The second-order valence-electron chi connectivity index (χ2n) is 4.38. The number of anilines is 2. The number of ether oxygens (including phenoxy) is 1. The van der Waals surface area contributed by atoms with Crippen LogP contribution in [0.3, 0.4) is 0 Å². The van der Waals surface area contributed by atoms with Crippen molar-refractivity contribution in [3.05, 3.63) is 57.6 Å². The van der Waals surface area contributed by atoms with Crippen LogP contribution >= 0.6 is 23.2 Å². The predicted octanol–water partition coefficient (Wildman–Crippen LogP) is 3.61. The van der Waals surface area contributed by atoms with Crippen molar-refractivity contribution < 1.29 is 14.3 Å². The Labute approximate surface area is 137 Å². The number of methoxy groups -OCH3 is 1. The van der Waals surface area contributed by atoms with E-state index < -0.39 is 11.9 Å². The molecular formula is C15H12Cl2N2O3. The summed E-state index contributed by atoms with van der Waals surface area (Å²) in [4.78, 5) is 23.7. The van der Waals surface area contributed by atoms with Gasteiger partial charge < -0.3 is 15.8 Å². The van der Waals surface area contributed by atoms with Crippen LogP contribution < -0.4 is 11.1 Å². The highest BCUT2D eigenvalue weighted by molar-refractivity contribution is 6.34. The number of amides is 1. The average molecular weight is 339 g/mol. The number of nitrogens with two attached hydrogens (primary N) is 1. The normalized spacial score (nSPS) is 10.1. The largest absolute Gasteiger partial charge is 0.465 e. The summed E-state index contributed by atoms with van der Waals surface area (Å²) in [7, 11) is 1.27. The summed E-state index contributed by atoms with van der Waals surface area (Å²) >= 11 is 11.8. The molecule has 2 aromatic rings. The van der Waals surface area contributed by atoms with Crippen LogP contribution in [0.2, 0.25) is 10.0 Å². The molecule has 0 saturated heterocycles. The maximum absolute atomic E-state index is 12.2. The van der Waals surface area contributed by atoms with Gasteiger partial charge >= 0.3 is 5.97 Å². The highest BCUT2D eigenvalue weighted by atomic mass is 35.5. The molecule has 5 nitrogen and oxygen atoms in total. The summed E-state index contributed by atoms with van der Waals surface area (Å²) in [6.45, 7) is 0. The molecule has 0 fully saturated rings. The summed E-state index contributed by atoms with van der Waals surface area (Å²) < 4.78 is 4.62. The first-order chi connectivity index (χ1) is 10.4. The van der Waals surface area contributed by atoms with Gasteiger partial charge in [-0.3, -0.25) is 4.79 Å². The van der Waals surface area contributed by atoms with Crippen molar-refractivity contribution in [2.75, 3.05) is 18.2 Å². The molecule has 114 valence electrons. The minimum absolute atomic E-state index is 0.276. The molecule has 0 heterocycles. The number of benzene rings is 2. The average Bonchev–Trinajstić information content (AvgIpc) is 2.51. The summed E-state index contributed by atoms with van der Waals surface area (Å²) in [6.07, 6.45) is 0. The quantitative estimate of drug-likeness (QED) is 0.661. The minimum atomic E-state index is -0.525. The first-order valence-corrected chi connectivity index (χ1v) is 6.92. The van der Waals surface area contributed by atoms with E-state index in [2.05, 4.69) is 10.1 Å². The molecule has 2 aromatic carbocycles. The Kier molecular flexibility index (Phi) is 4.90. The number of esters is 1. The van der Waals surface area contributed by atoms with Gasteiger partial charge in [0.1, 0.15) is 0 Å². The number of nitrogen functional groups attached to an aromatic ring is 1. The van der Waals surface area contributed by atoms with Crippen molar-refractivity contribution in [2.24, 2.45) is 0 Å². The molecule has 0 aliphatic rings. The molecule has 0 aliphatic carbocycles. The summed E-state index contributed by atoms with van der Waals surface area (Å²) in [5.41, 5.74) is 6.85. The number of hydrogen-bond acceptors (Lipinski definition) is 4. The zero-order chi connectivity index (χ0) is 16.3. The second-order valence-corrected chi connectivity index (χ2v) is 5.19. The van der Waals surface area contributed by atoms with E-state index in [1.807, 2.05) is 0 Å². The lowest BCUT2D eigenvalue weighted by atomic mass is 10.1. The van der Waals surface area contributed by atoms with Crippen molar-refractivity contribution in [3.8, 4) is 0 Å². The SMILES string of the molecule is COC(=O)c1ccc(Cl)c(NC(=O)c2ccc(Cl)c(N)c2)c1. The molecule has 0 aromatic heterocycles. The van der Waals surface area contributed by atoms with Crippen LogP contribution in [-0.2, 0) is 4.74 Å². The Balaban J connectivity index is 2.27. The van der Waals surface area contributed by atoms with Crippen LogP contribution in [0.25, 0.3) is 0 Å². The predicted molar refractivity (Wildman–Crippen MR) is 86.6 cm³/mol. The van der Waals surface area contributed by atoms with Crippen molar-refractivity contribution in [1.29, 1.82) is 0 Å². The molecule has 22 heavy (non-hydrogen) atoms. The molecule has 0 aliphatic heterocycles. The monoisotopic (exact) mass is 338 g/mol. The topological polar surface area (TPSA) is 81.4 Å². The molecular weight excluding hydrogens is 327 g/mol. The standard InChI is InChI=1S/C15H12Cl2N2O3/c1-22-15(21)9-3-5-11(17)13(7-9)19-14(20)8-2-4-10(16)12(18)6-8/h2-7H,18H2,1H3,(H,19,20). The van der Waals surface area contributed by atoms with Crippen molar-refractivity contribution in [3.63, 3.8) is 0 Å². The Morgan fingerprint density at radius 2 is 1.68 bits per heavy atom. The fourth-order valence-corrected chi connectivity index (χ4v) is 2.03. The van der Waals surface area contributed by atoms with Gasteiger partial charge in [0.15, 0.2) is 0 Å². The first-order valence-electron chi connectivity index (χ1n) is 6.16. The zero-order valence-electron chi connectivity index (χ0n) is 11.5. The van der Waals surface area contributed by atoms with Crippen molar-refractivity contribution in [1.82, 2.24) is 0 Å². The van der Waals surface area contributed by atoms with Crippen LogP contribution in [0, 0.1) is 0 Å². The molecule has 0 spiro atoms. The third-order valence-corrected chi connectivity index (χ3v) is 3.57. The smallest absolute Gasteiger partial charge is 0.337 e. The van der Waals surface area contributed by atoms with Gasteiger partial charge in [-0.2, -0.15) is 0 Å². The lowest BCUT2D eigenvalue weighted by molar-refractivity contribution is 0.0600. The number of hydrogen-bond donors (Lipinski definition) is 2. The van der Waals surface area contributed by atoms with Gasteiger partial charge in [-0.15, -0.1) is 0 Å². The molecule has 0 atom stereocenters. The van der Waals surface area contributed by atoms with Gasteiger partial charge in [0.2, 0.25) is 0 Å². The number of nitrogens with one attached hydrogen (secondary N) is 1. The number of rotatable bonds is 3. The first kappa shape index (κ1) is 16.1. The van der Waals surface area contributed by atoms with Crippen LogP contribution in [0.15, 0.2) is 36.4 Å². The molecule has 0 saturated carbocycles. The van der Waals surface area contributed by atoms with Gasteiger partial charge in [0.25, 0.3) is 5.91 Å². The maximum atomic E-state index is 12.2. The fourth-order valence-electron chi connectivity index (χ4n) is 1.75. The van der Waals surface area contributed by atoms with Crippen LogP contribution in [-0.4, -0.2) is 19.0 Å². The highest BCUT2D eigenvalue weighted by Crippen LogP contribution is 2.25. The van der Waals surface area contributed by atoms with E-state index in [0.29, 0.717) is 27.0 Å². The number of carbonyl (C=O) groups is 2. The van der Waals surface area contributed by atoms with Gasteiger partial charge in [0, 0.05) is 5.56 Å². The Bertz CT molecular complexity index is 748. The van der Waals surface area contributed by atoms with Crippen LogP contribution in [0.1, 0.15) is 20.7 Å². The van der Waals surface area contributed by atoms with Crippen LogP contribution in [0.5, 0.6) is 0 Å². The van der Waals surface area contributed by atoms with E-state index >= 15 is 0 Å². The summed E-state index contributed by atoms with van der Waals surface area (Å²) in [6, 6.07) is 8.95. The van der Waals surface area contributed by atoms with Crippen molar-refractivity contribution >= 4 is 46.5 Å². The lowest BCUT2D eigenvalue weighted by Gasteiger charge is -2.09. The summed E-state index contributed by atoms with van der Waals surface area (Å²) in [5.74, 6) is -0.949. The van der Waals surface area contributed by atoms with Gasteiger partial charge in [-0.05, 0) is 36.4 Å². The summed E-state index contributed by atoms with van der Waals surface area (Å²) in [5, 5.41) is 3.27. The maximum Gasteiger partial charge on any atom is 0.337 e. The van der Waals surface area contributed by atoms with Crippen LogP contribution in [0.4, 0.5) is 11.4 Å². The highest BCUT2D eigenvalue weighted by Gasteiger charge is 2.13. The van der Waals surface area contributed by atoms with E-state index in [4.69, 9.17) is 28.9 Å². The van der Waals surface area contributed by atoms with E-state index in [1.54, 1.807) is 0 Å². The third-order valence-electron chi connectivity index (χ3n) is 2.89. The van der Waals surface area contributed by atoms with E-state index in [0.717, 1.165) is 0 Å². The minimum Gasteiger partial charge on any atom is -0.465 e. The van der Waals surface area contributed by atoms with Gasteiger partial charge in [-0.25, -0.2) is 4.79 Å². The van der Waals surface area contributed by atoms with Gasteiger partial charge in [0.05, 0.1) is 34.1 Å². The molecule has 1 amide bonds. The molecule has 0 unspecified atom stereocenters. The molecule has 2 rings (SSSR count). The van der Waals surface area contributed by atoms with E-state index in [1.165, 1.54) is 43.5 Å². The number of carbonyl (C=O) groups excluding carboxylic acids is 2. The second kappa shape index (κ2) is 6.68. The molecule has 0 radical (unpaired) electrons. The fraction of sp³-hybridized carbons (Fsp3) is 0.0667. The van der Waals surface area contributed by atoms with Gasteiger partial charge in [-0.1, -0.05) is 23.2 Å². The Morgan fingerprint density at radius 3 is 2.32 bits per heavy atom. The van der Waals surface area contributed by atoms with E-state index in [-0.39, 0.29) is 5.56 Å². The zero-order valence-corrected chi connectivity index (χ0v) is 13.0. The number of halogens is 2. The Hall–Kier alpha value is -2.24. The Morgan fingerprint density at radius 1 is 1.05 bits per heavy atom. The van der Waals surface area contributed by atoms with Crippen molar-refractivity contribution in [2.45, 2.75) is 0 Å². The van der Waals surface area contributed by atoms with E-state index in [9.17, 15) is 9.59 Å². The molecule has 3 N–H and O–H groups in total.